The minimum absolute atomic E-state index is 0.435. The molecule has 21 heavy (non-hydrogen) atoms. The zero-order valence-electron chi connectivity index (χ0n) is 14.0. The minimum atomic E-state index is 0.435. The molecule has 0 aromatic heterocycles. The topological polar surface area (TPSA) is 21.3 Å². The van der Waals surface area contributed by atoms with Crippen molar-refractivity contribution in [2.75, 3.05) is 20.3 Å². The van der Waals surface area contributed by atoms with Crippen LogP contribution in [0.1, 0.15) is 63.1 Å². The Balaban J connectivity index is 1.79. The molecule has 0 spiro atoms. The molecule has 118 valence electrons. The molecule has 2 heteroatoms. The number of hydrogen-bond acceptors (Lipinski definition) is 2. The van der Waals surface area contributed by atoms with Gasteiger partial charge in [-0.05, 0) is 55.6 Å². The van der Waals surface area contributed by atoms with Crippen LogP contribution in [0.2, 0.25) is 0 Å². The van der Waals surface area contributed by atoms with Crippen LogP contribution in [-0.4, -0.2) is 20.3 Å². The summed E-state index contributed by atoms with van der Waals surface area (Å²) in [5, 5.41) is 3.72. The van der Waals surface area contributed by atoms with E-state index in [0.29, 0.717) is 11.5 Å². The fraction of sp³-hybridized carbons (Fsp3) is 0.684. The SMILES string of the molecule is CCCCc1ccc(C(C)NCC2(CCOC)CC2)cc1. The quantitative estimate of drug-likeness (QED) is 0.685. The van der Waals surface area contributed by atoms with Crippen molar-refractivity contribution in [3.05, 3.63) is 35.4 Å². The Labute approximate surface area is 130 Å². The van der Waals surface area contributed by atoms with E-state index in [1.807, 2.05) is 0 Å². The van der Waals surface area contributed by atoms with Crippen molar-refractivity contribution in [3.63, 3.8) is 0 Å². The second-order valence-electron chi connectivity index (χ2n) is 6.69. The van der Waals surface area contributed by atoms with Gasteiger partial charge in [-0.15, -0.1) is 0 Å². The summed E-state index contributed by atoms with van der Waals surface area (Å²) < 4.78 is 5.23. The average Bonchev–Trinajstić information content (AvgIpc) is 3.29. The second-order valence-corrected chi connectivity index (χ2v) is 6.69. The molecule has 1 fully saturated rings. The summed E-state index contributed by atoms with van der Waals surface area (Å²) in [6.07, 6.45) is 7.66. The molecule has 2 rings (SSSR count). The van der Waals surface area contributed by atoms with Crippen LogP contribution in [0.25, 0.3) is 0 Å². The van der Waals surface area contributed by atoms with Crippen molar-refractivity contribution in [2.45, 2.75) is 58.4 Å². The molecule has 0 bridgehead atoms. The van der Waals surface area contributed by atoms with E-state index in [1.165, 1.54) is 49.7 Å². The van der Waals surface area contributed by atoms with E-state index in [1.54, 1.807) is 7.11 Å². The largest absolute Gasteiger partial charge is 0.385 e. The van der Waals surface area contributed by atoms with E-state index in [9.17, 15) is 0 Å². The van der Waals surface area contributed by atoms with Crippen LogP contribution in [0.15, 0.2) is 24.3 Å². The number of nitrogens with one attached hydrogen (secondary N) is 1. The third kappa shape index (κ3) is 5.12. The zero-order chi connectivity index (χ0) is 15.1. The van der Waals surface area contributed by atoms with E-state index >= 15 is 0 Å². The van der Waals surface area contributed by atoms with E-state index in [4.69, 9.17) is 4.74 Å². The summed E-state index contributed by atoms with van der Waals surface area (Å²) in [6.45, 7) is 6.53. The summed E-state index contributed by atoms with van der Waals surface area (Å²) in [5.74, 6) is 0. The maximum Gasteiger partial charge on any atom is 0.0468 e. The normalized spacial score (nSPS) is 17.7. The van der Waals surface area contributed by atoms with Gasteiger partial charge in [0.1, 0.15) is 0 Å². The van der Waals surface area contributed by atoms with Gasteiger partial charge in [0.15, 0.2) is 0 Å². The average molecular weight is 289 g/mol. The fourth-order valence-corrected chi connectivity index (χ4v) is 2.85. The number of methoxy groups -OCH3 is 1. The van der Waals surface area contributed by atoms with Gasteiger partial charge in [-0.3, -0.25) is 0 Å². The Morgan fingerprint density at radius 2 is 1.95 bits per heavy atom. The van der Waals surface area contributed by atoms with E-state index in [0.717, 1.165) is 13.2 Å². The van der Waals surface area contributed by atoms with E-state index in [2.05, 4.69) is 43.4 Å². The molecule has 1 saturated carbocycles. The summed E-state index contributed by atoms with van der Waals surface area (Å²) in [6, 6.07) is 9.60. The molecule has 1 aromatic rings. The standard InChI is InChI=1S/C19H31NO/c1-4-5-6-17-7-9-18(10-8-17)16(2)20-15-19(11-12-19)13-14-21-3/h7-10,16,20H,4-6,11-15H2,1-3H3. The molecule has 0 saturated heterocycles. The maximum absolute atomic E-state index is 5.23. The van der Waals surface area contributed by atoms with Gasteiger partial charge in [0.05, 0.1) is 0 Å². The lowest BCUT2D eigenvalue weighted by molar-refractivity contribution is 0.170. The Bertz CT molecular complexity index is 408. The third-order valence-electron chi connectivity index (χ3n) is 4.88. The molecule has 0 radical (unpaired) electrons. The molecule has 1 aliphatic rings. The second kappa shape index (κ2) is 7.95. The lowest BCUT2D eigenvalue weighted by Gasteiger charge is -2.20. The maximum atomic E-state index is 5.23. The highest BCUT2D eigenvalue weighted by atomic mass is 16.5. The van der Waals surface area contributed by atoms with Gasteiger partial charge in [-0.2, -0.15) is 0 Å². The van der Waals surface area contributed by atoms with Crippen LogP contribution in [0.4, 0.5) is 0 Å². The molecule has 2 nitrogen and oxygen atoms in total. The van der Waals surface area contributed by atoms with Crippen molar-refractivity contribution >= 4 is 0 Å². The highest BCUT2D eigenvalue weighted by Gasteiger charge is 2.41. The van der Waals surface area contributed by atoms with Crippen LogP contribution in [-0.2, 0) is 11.2 Å². The fourth-order valence-electron chi connectivity index (χ4n) is 2.85. The lowest BCUT2D eigenvalue weighted by atomic mass is 10.0. The Morgan fingerprint density at radius 1 is 1.24 bits per heavy atom. The van der Waals surface area contributed by atoms with Crippen molar-refractivity contribution in [3.8, 4) is 0 Å². The first kappa shape index (κ1) is 16.5. The summed E-state index contributed by atoms with van der Waals surface area (Å²) in [7, 11) is 1.80. The molecule has 0 amide bonds. The van der Waals surface area contributed by atoms with E-state index in [-0.39, 0.29) is 0 Å². The van der Waals surface area contributed by atoms with Gasteiger partial charge in [0.25, 0.3) is 0 Å². The van der Waals surface area contributed by atoms with Gasteiger partial charge in [0.2, 0.25) is 0 Å². The van der Waals surface area contributed by atoms with Gasteiger partial charge >= 0.3 is 0 Å². The summed E-state index contributed by atoms with van der Waals surface area (Å²) in [4.78, 5) is 0. The summed E-state index contributed by atoms with van der Waals surface area (Å²) >= 11 is 0. The predicted molar refractivity (Wildman–Crippen MR) is 89.6 cm³/mol. The predicted octanol–water partition coefficient (Wildman–Crippen LogP) is 4.50. The van der Waals surface area contributed by atoms with Gasteiger partial charge < -0.3 is 10.1 Å². The van der Waals surface area contributed by atoms with Crippen molar-refractivity contribution < 1.29 is 4.74 Å². The zero-order valence-corrected chi connectivity index (χ0v) is 14.0. The highest BCUT2D eigenvalue weighted by Crippen LogP contribution is 2.48. The molecule has 1 aliphatic carbocycles. The Morgan fingerprint density at radius 3 is 2.52 bits per heavy atom. The first-order valence-electron chi connectivity index (χ1n) is 8.50. The molecule has 1 aromatic carbocycles. The van der Waals surface area contributed by atoms with Crippen LogP contribution in [0, 0.1) is 5.41 Å². The Hall–Kier alpha value is -0.860. The molecule has 1 unspecified atom stereocenters. The number of aryl methyl sites for hydroxylation is 1. The molecular weight excluding hydrogens is 258 g/mol. The molecular formula is C19H31NO. The first-order valence-corrected chi connectivity index (χ1v) is 8.50. The van der Waals surface area contributed by atoms with Gasteiger partial charge in [0, 0.05) is 26.3 Å². The minimum Gasteiger partial charge on any atom is -0.385 e. The van der Waals surface area contributed by atoms with Crippen LogP contribution in [0.3, 0.4) is 0 Å². The van der Waals surface area contributed by atoms with Gasteiger partial charge in [-0.1, -0.05) is 37.6 Å². The Kier molecular flexibility index (Phi) is 6.25. The number of hydrogen-bond donors (Lipinski definition) is 1. The van der Waals surface area contributed by atoms with Crippen molar-refractivity contribution in [1.29, 1.82) is 0 Å². The number of benzene rings is 1. The smallest absolute Gasteiger partial charge is 0.0468 e. The third-order valence-corrected chi connectivity index (χ3v) is 4.88. The van der Waals surface area contributed by atoms with E-state index < -0.39 is 0 Å². The highest BCUT2D eigenvalue weighted by molar-refractivity contribution is 5.25. The monoisotopic (exact) mass is 289 g/mol. The summed E-state index contributed by atoms with van der Waals surface area (Å²) in [5.41, 5.74) is 3.38. The van der Waals surface area contributed by atoms with Crippen LogP contribution >= 0.6 is 0 Å². The van der Waals surface area contributed by atoms with Crippen molar-refractivity contribution in [2.24, 2.45) is 5.41 Å². The molecule has 1 N–H and O–H groups in total. The lowest BCUT2D eigenvalue weighted by Crippen LogP contribution is -2.27. The van der Waals surface area contributed by atoms with Crippen LogP contribution < -0.4 is 5.32 Å². The van der Waals surface area contributed by atoms with Crippen molar-refractivity contribution in [1.82, 2.24) is 5.32 Å². The van der Waals surface area contributed by atoms with Gasteiger partial charge in [-0.25, -0.2) is 0 Å². The number of ether oxygens (including phenoxy) is 1. The number of rotatable bonds is 10. The molecule has 1 atom stereocenters. The first-order chi connectivity index (χ1) is 10.2. The molecule has 0 heterocycles. The number of unbranched alkanes of at least 4 members (excludes halogenated alkanes) is 1. The molecule has 0 aliphatic heterocycles. The van der Waals surface area contributed by atoms with Crippen LogP contribution in [0.5, 0.6) is 0 Å².